The molecule has 9 nitrogen and oxygen atoms in total. The van der Waals surface area contributed by atoms with Crippen molar-refractivity contribution in [2.75, 3.05) is 31.6 Å². The van der Waals surface area contributed by atoms with Crippen LogP contribution < -0.4 is 10.6 Å². The maximum atomic E-state index is 12.8. The topological polar surface area (TPSA) is 101 Å². The quantitative estimate of drug-likeness (QED) is 0.352. The minimum atomic E-state index is -0.232. The van der Waals surface area contributed by atoms with Gasteiger partial charge in [-0.2, -0.15) is 0 Å². The molecule has 2 N–H and O–H groups in total. The molecule has 39 heavy (non-hydrogen) atoms. The lowest BCUT2D eigenvalue weighted by Gasteiger charge is -2.26. The molecule has 0 saturated carbocycles. The number of morpholine rings is 1. The molecule has 5 rings (SSSR count). The van der Waals surface area contributed by atoms with Gasteiger partial charge < -0.3 is 24.7 Å². The number of hydrogen-bond donors (Lipinski definition) is 2. The number of nitrogens with zero attached hydrogens (tertiary/aromatic N) is 4. The van der Waals surface area contributed by atoms with E-state index in [1.165, 1.54) is 0 Å². The predicted molar refractivity (Wildman–Crippen MR) is 151 cm³/mol. The Hall–Kier alpha value is -4.24. The number of ether oxygens (including phenoxy) is 1. The van der Waals surface area contributed by atoms with E-state index in [1.807, 2.05) is 61.0 Å². The molecule has 9 heteroatoms. The monoisotopic (exact) mass is 526 g/mol. The third-order valence-corrected chi connectivity index (χ3v) is 7.05. The SMILES string of the molecule is CCC(C)(C)NC(=O)Cc1cccc(-c2cc(Nc3ccc(C(=O)N4CCOCC4)cn3)c3nccn3c2)c1. The number of rotatable bonds is 8. The lowest BCUT2D eigenvalue weighted by atomic mass is 10.00. The molecule has 0 spiro atoms. The molecule has 4 aromatic rings. The van der Waals surface area contributed by atoms with Gasteiger partial charge >= 0.3 is 0 Å². The number of hydrogen-bond acceptors (Lipinski definition) is 6. The number of aromatic nitrogens is 3. The zero-order valence-electron chi connectivity index (χ0n) is 22.6. The normalized spacial score (nSPS) is 13.9. The van der Waals surface area contributed by atoms with E-state index in [4.69, 9.17) is 4.74 Å². The summed E-state index contributed by atoms with van der Waals surface area (Å²) in [5.74, 6) is 0.578. The zero-order chi connectivity index (χ0) is 27.4. The standard InChI is InChI=1S/C30H34N6O3/c1-4-30(2,3)34-27(37)17-21-6-5-7-22(16-21)24-18-25(28-31-10-11-36(28)20-24)33-26-9-8-23(19-32-26)29(38)35-12-14-39-15-13-35/h5-11,16,18-20H,4,12-15,17H2,1-3H3,(H,32,33)(H,34,37). The number of amides is 2. The van der Waals surface area contributed by atoms with E-state index in [-0.39, 0.29) is 17.4 Å². The second-order valence-electron chi connectivity index (χ2n) is 10.4. The van der Waals surface area contributed by atoms with E-state index in [0.717, 1.165) is 34.4 Å². The summed E-state index contributed by atoms with van der Waals surface area (Å²) in [6.45, 7) is 8.41. The number of imidazole rings is 1. The highest BCUT2D eigenvalue weighted by Gasteiger charge is 2.20. The Kier molecular flexibility index (Phi) is 7.60. The van der Waals surface area contributed by atoms with Crippen molar-refractivity contribution in [3.8, 4) is 11.1 Å². The molecule has 4 heterocycles. The largest absolute Gasteiger partial charge is 0.378 e. The number of benzene rings is 1. The van der Waals surface area contributed by atoms with Gasteiger partial charge in [0.05, 0.1) is 30.9 Å². The third kappa shape index (κ3) is 6.26. The molecule has 0 atom stereocenters. The van der Waals surface area contributed by atoms with Gasteiger partial charge in [0.1, 0.15) is 5.82 Å². The van der Waals surface area contributed by atoms with Gasteiger partial charge in [-0.3, -0.25) is 9.59 Å². The molecule has 0 radical (unpaired) electrons. The summed E-state index contributed by atoms with van der Waals surface area (Å²) < 4.78 is 7.30. The highest BCUT2D eigenvalue weighted by atomic mass is 16.5. The fraction of sp³-hybridized carbons (Fsp3) is 0.333. The highest BCUT2D eigenvalue weighted by Crippen LogP contribution is 2.28. The molecular weight excluding hydrogens is 492 g/mol. The molecule has 1 fully saturated rings. The molecule has 0 unspecified atom stereocenters. The van der Waals surface area contributed by atoms with Crippen LogP contribution in [0.25, 0.3) is 16.8 Å². The number of anilines is 2. The van der Waals surface area contributed by atoms with Gasteiger partial charge in [-0.15, -0.1) is 0 Å². The van der Waals surface area contributed by atoms with Crippen LogP contribution in [-0.2, 0) is 16.0 Å². The van der Waals surface area contributed by atoms with Gasteiger partial charge in [0.15, 0.2) is 5.65 Å². The van der Waals surface area contributed by atoms with E-state index in [2.05, 4.69) is 27.5 Å². The van der Waals surface area contributed by atoms with Crippen molar-refractivity contribution < 1.29 is 14.3 Å². The zero-order valence-corrected chi connectivity index (χ0v) is 22.6. The van der Waals surface area contributed by atoms with Crippen LogP contribution in [-0.4, -0.2) is 62.9 Å². The van der Waals surface area contributed by atoms with Crippen molar-refractivity contribution in [2.24, 2.45) is 0 Å². The minimum Gasteiger partial charge on any atom is -0.378 e. The van der Waals surface area contributed by atoms with E-state index in [1.54, 1.807) is 29.4 Å². The first-order valence-electron chi connectivity index (χ1n) is 13.3. The minimum absolute atomic E-state index is 0.00744. The molecule has 3 aromatic heterocycles. The van der Waals surface area contributed by atoms with Crippen molar-refractivity contribution in [3.05, 3.63) is 78.4 Å². The van der Waals surface area contributed by atoms with Gasteiger partial charge in [0.2, 0.25) is 5.91 Å². The molecule has 202 valence electrons. The molecule has 2 amide bonds. The van der Waals surface area contributed by atoms with Crippen LogP contribution in [0.15, 0.2) is 67.3 Å². The fourth-order valence-corrected chi connectivity index (χ4v) is 4.52. The first-order valence-corrected chi connectivity index (χ1v) is 13.3. The van der Waals surface area contributed by atoms with Crippen molar-refractivity contribution in [3.63, 3.8) is 0 Å². The van der Waals surface area contributed by atoms with Crippen molar-refractivity contribution in [1.29, 1.82) is 0 Å². The molecule has 1 aliphatic heterocycles. The van der Waals surface area contributed by atoms with Crippen LogP contribution in [0.3, 0.4) is 0 Å². The summed E-state index contributed by atoms with van der Waals surface area (Å²) in [4.78, 5) is 36.2. The molecule has 1 aliphatic rings. The second-order valence-corrected chi connectivity index (χ2v) is 10.4. The van der Waals surface area contributed by atoms with E-state index in [0.29, 0.717) is 44.1 Å². The van der Waals surface area contributed by atoms with Crippen molar-refractivity contribution in [1.82, 2.24) is 24.6 Å². The van der Waals surface area contributed by atoms with E-state index >= 15 is 0 Å². The Balaban J connectivity index is 1.36. The molecule has 1 saturated heterocycles. The van der Waals surface area contributed by atoms with Crippen molar-refractivity contribution in [2.45, 2.75) is 39.2 Å². The van der Waals surface area contributed by atoms with Crippen LogP contribution >= 0.6 is 0 Å². The Bertz CT molecular complexity index is 1470. The number of pyridine rings is 2. The van der Waals surface area contributed by atoms with Gasteiger partial charge in [0.25, 0.3) is 5.91 Å². The fourth-order valence-electron chi connectivity index (χ4n) is 4.52. The molecular formula is C30H34N6O3. The van der Waals surface area contributed by atoms with Gasteiger partial charge in [-0.1, -0.05) is 31.2 Å². The van der Waals surface area contributed by atoms with Crippen LogP contribution in [0.2, 0.25) is 0 Å². The maximum Gasteiger partial charge on any atom is 0.255 e. The Morgan fingerprint density at radius 1 is 1.05 bits per heavy atom. The molecule has 1 aromatic carbocycles. The Morgan fingerprint density at radius 2 is 1.87 bits per heavy atom. The summed E-state index contributed by atoms with van der Waals surface area (Å²) in [5.41, 5.74) is 4.76. The smallest absolute Gasteiger partial charge is 0.255 e. The van der Waals surface area contributed by atoms with Crippen molar-refractivity contribution >= 4 is 29.0 Å². The van der Waals surface area contributed by atoms with Crippen LogP contribution in [0.4, 0.5) is 11.5 Å². The highest BCUT2D eigenvalue weighted by molar-refractivity contribution is 5.94. The van der Waals surface area contributed by atoms with Gasteiger partial charge in [-0.05, 0) is 49.6 Å². The van der Waals surface area contributed by atoms with Gasteiger partial charge in [0, 0.05) is 49.0 Å². The summed E-state index contributed by atoms with van der Waals surface area (Å²) in [6.07, 6.45) is 8.44. The van der Waals surface area contributed by atoms with Crippen LogP contribution in [0.1, 0.15) is 43.1 Å². The first kappa shape index (κ1) is 26.4. The average Bonchev–Trinajstić information content (AvgIpc) is 3.43. The summed E-state index contributed by atoms with van der Waals surface area (Å²) >= 11 is 0. The Labute approximate surface area is 228 Å². The lowest BCUT2D eigenvalue weighted by molar-refractivity contribution is -0.122. The maximum absolute atomic E-state index is 12.8. The molecule has 0 aliphatic carbocycles. The summed E-state index contributed by atoms with van der Waals surface area (Å²) in [5, 5.41) is 6.47. The number of fused-ring (bicyclic) bond motifs is 1. The number of carbonyl (C=O) groups excluding carboxylic acids is 2. The Morgan fingerprint density at radius 3 is 2.62 bits per heavy atom. The third-order valence-electron chi connectivity index (χ3n) is 7.05. The predicted octanol–water partition coefficient (Wildman–Crippen LogP) is 4.46. The van der Waals surface area contributed by atoms with Crippen LogP contribution in [0, 0.1) is 0 Å². The first-order chi connectivity index (χ1) is 18.8. The molecule has 0 bridgehead atoms. The number of nitrogens with one attached hydrogen (secondary N) is 2. The lowest BCUT2D eigenvalue weighted by Crippen LogP contribution is -2.43. The summed E-state index contributed by atoms with van der Waals surface area (Å²) in [6, 6.07) is 13.6. The van der Waals surface area contributed by atoms with Gasteiger partial charge in [-0.25, -0.2) is 9.97 Å². The van der Waals surface area contributed by atoms with Crippen LogP contribution in [0.5, 0.6) is 0 Å². The van der Waals surface area contributed by atoms with E-state index < -0.39 is 0 Å². The average molecular weight is 527 g/mol. The second kappa shape index (κ2) is 11.2. The van der Waals surface area contributed by atoms with E-state index in [9.17, 15) is 9.59 Å². The summed E-state index contributed by atoms with van der Waals surface area (Å²) in [7, 11) is 0. The number of carbonyl (C=O) groups is 2.